The summed E-state index contributed by atoms with van der Waals surface area (Å²) >= 11 is 0. The zero-order valence-corrected chi connectivity index (χ0v) is 17.6. The van der Waals surface area contributed by atoms with E-state index in [1.165, 1.54) is 12.5 Å². The van der Waals surface area contributed by atoms with Gasteiger partial charge in [-0.25, -0.2) is 4.79 Å². The van der Waals surface area contributed by atoms with Crippen LogP contribution in [0.25, 0.3) is 0 Å². The summed E-state index contributed by atoms with van der Waals surface area (Å²) in [5, 5.41) is 10.0. The van der Waals surface area contributed by atoms with Crippen LogP contribution in [0.1, 0.15) is 54.5 Å². The molecule has 0 aliphatic carbocycles. The molecule has 0 aromatic heterocycles. The lowest BCUT2D eigenvalue weighted by Gasteiger charge is -2.16. The van der Waals surface area contributed by atoms with Crippen molar-refractivity contribution in [3.05, 3.63) is 58.1 Å². The third kappa shape index (κ3) is 5.98. The molecule has 2 aromatic rings. The third-order valence-electron chi connectivity index (χ3n) is 4.83. The number of hydrogen-bond acceptors (Lipinski definition) is 5. The van der Waals surface area contributed by atoms with Gasteiger partial charge in [-0.05, 0) is 79.1 Å². The van der Waals surface area contributed by atoms with Crippen LogP contribution in [0.2, 0.25) is 0 Å². The van der Waals surface area contributed by atoms with Crippen molar-refractivity contribution in [2.45, 2.75) is 53.1 Å². The summed E-state index contributed by atoms with van der Waals surface area (Å²) in [4.78, 5) is 22.7. The van der Waals surface area contributed by atoms with Crippen molar-refractivity contribution in [3.63, 3.8) is 0 Å². The minimum absolute atomic E-state index is 0.241. The quantitative estimate of drug-likeness (QED) is 0.662. The number of nitrogens with two attached hydrogens (primary N) is 1. The Morgan fingerprint density at radius 1 is 1.07 bits per heavy atom. The summed E-state index contributed by atoms with van der Waals surface area (Å²) < 4.78 is 10.4. The lowest BCUT2D eigenvalue weighted by atomic mass is 9.93. The molecule has 0 saturated heterocycles. The van der Waals surface area contributed by atoms with E-state index < -0.39 is 18.0 Å². The summed E-state index contributed by atoms with van der Waals surface area (Å²) in [7, 11) is 0. The molecular formula is C23H29NO5. The Kier molecular flexibility index (Phi) is 7.26. The van der Waals surface area contributed by atoms with Gasteiger partial charge in [0.05, 0.1) is 0 Å². The van der Waals surface area contributed by atoms with Crippen LogP contribution in [0.15, 0.2) is 30.3 Å². The van der Waals surface area contributed by atoms with Gasteiger partial charge in [0.1, 0.15) is 11.5 Å². The molecule has 3 N–H and O–H groups in total. The van der Waals surface area contributed by atoms with Crippen LogP contribution >= 0.6 is 0 Å². The smallest absolute Gasteiger partial charge is 0.344 e. The van der Waals surface area contributed by atoms with Gasteiger partial charge in [-0.2, -0.15) is 0 Å². The number of benzene rings is 2. The second-order valence-corrected chi connectivity index (χ2v) is 7.58. The zero-order valence-electron chi connectivity index (χ0n) is 17.6. The lowest BCUT2D eigenvalue weighted by molar-refractivity contribution is -0.155. The van der Waals surface area contributed by atoms with Crippen LogP contribution in [0.3, 0.4) is 0 Å². The van der Waals surface area contributed by atoms with Gasteiger partial charge in [-0.15, -0.1) is 0 Å². The molecule has 0 aliphatic heterocycles. The normalized spacial score (nSPS) is 11.9. The van der Waals surface area contributed by atoms with Crippen molar-refractivity contribution >= 4 is 11.9 Å². The van der Waals surface area contributed by atoms with Crippen molar-refractivity contribution in [1.29, 1.82) is 0 Å². The third-order valence-corrected chi connectivity index (χ3v) is 4.83. The second-order valence-electron chi connectivity index (χ2n) is 7.58. The molecule has 2 rings (SSSR count). The topological polar surface area (TPSA) is 98.9 Å². The Hall–Kier alpha value is -3.02. The van der Waals surface area contributed by atoms with Crippen LogP contribution < -0.4 is 10.5 Å². The van der Waals surface area contributed by atoms with Gasteiger partial charge in [-0.3, -0.25) is 4.79 Å². The number of amides is 1. The molecule has 1 atom stereocenters. The molecule has 0 radical (unpaired) electrons. The van der Waals surface area contributed by atoms with Crippen LogP contribution in [-0.2, 0) is 20.7 Å². The Morgan fingerprint density at radius 3 is 2.24 bits per heavy atom. The van der Waals surface area contributed by atoms with E-state index in [1.54, 1.807) is 6.07 Å². The number of esters is 1. The maximum atomic E-state index is 11.7. The molecule has 1 amide bonds. The van der Waals surface area contributed by atoms with Gasteiger partial charge < -0.3 is 20.3 Å². The van der Waals surface area contributed by atoms with Crippen LogP contribution in [-0.4, -0.2) is 29.7 Å². The molecule has 0 fully saturated rings. The number of phenolic OH excluding ortho intramolecular Hbond substituents is 1. The molecule has 0 heterocycles. The van der Waals surface area contributed by atoms with Crippen molar-refractivity contribution < 1.29 is 24.2 Å². The van der Waals surface area contributed by atoms with E-state index in [1.807, 2.05) is 38.1 Å². The predicted molar refractivity (Wildman–Crippen MR) is 111 cm³/mol. The number of carbonyl (C=O) groups excluding carboxylic acids is 2. The van der Waals surface area contributed by atoms with Crippen molar-refractivity contribution in [1.82, 2.24) is 0 Å². The number of aromatic hydroxyl groups is 1. The number of carbonyl (C=O) groups is 2. The van der Waals surface area contributed by atoms with Crippen LogP contribution in [0, 0.1) is 13.8 Å². The molecule has 0 spiro atoms. The van der Waals surface area contributed by atoms with Gasteiger partial charge >= 0.3 is 5.97 Å². The van der Waals surface area contributed by atoms with E-state index in [0.717, 1.165) is 28.7 Å². The number of rotatable bonds is 8. The van der Waals surface area contributed by atoms with E-state index in [-0.39, 0.29) is 12.5 Å². The SMILES string of the molecule is Cc1cc(OCC(=O)OC(C)C(N)=O)cc(C)c1Cc1ccc(O)c(C(C)C)c1. The van der Waals surface area contributed by atoms with Crippen molar-refractivity contribution in [3.8, 4) is 11.5 Å². The number of phenols is 1. The fourth-order valence-corrected chi connectivity index (χ4v) is 3.13. The average molecular weight is 399 g/mol. The molecule has 0 aliphatic rings. The van der Waals surface area contributed by atoms with Crippen molar-refractivity contribution in [2.24, 2.45) is 5.73 Å². The first-order valence-electron chi connectivity index (χ1n) is 9.62. The molecule has 6 heteroatoms. The number of primary amides is 1. The maximum absolute atomic E-state index is 11.7. The molecule has 1 unspecified atom stereocenters. The monoisotopic (exact) mass is 399 g/mol. The largest absolute Gasteiger partial charge is 0.508 e. The van der Waals surface area contributed by atoms with Crippen LogP contribution in [0.4, 0.5) is 0 Å². The molecule has 0 saturated carbocycles. The highest BCUT2D eigenvalue weighted by Gasteiger charge is 2.16. The number of hydrogen-bond donors (Lipinski definition) is 2. The Labute approximate surface area is 171 Å². The molecule has 0 bridgehead atoms. The lowest BCUT2D eigenvalue weighted by Crippen LogP contribution is -2.32. The first kappa shape index (κ1) is 22.3. The van der Waals surface area contributed by atoms with Crippen LogP contribution in [0.5, 0.6) is 11.5 Å². The minimum atomic E-state index is -0.988. The summed E-state index contributed by atoms with van der Waals surface area (Å²) in [5.74, 6) is -0.241. The predicted octanol–water partition coefficient (Wildman–Crippen LogP) is 3.52. The summed E-state index contributed by atoms with van der Waals surface area (Å²) in [6, 6.07) is 9.46. The minimum Gasteiger partial charge on any atom is -0.508 e. The number of aryl methyl sites for hydroxylation is 2. The Bertz CT molecular complexity index is 881. The summed E-state index contributed by atoms with van der Waals surface area (Å²) in [6.07, 6.45) is -0.256. The highest BCUT2D eigenvalue weighted by Crippen LogP contribution is 2.29. The number of ether oxygens (including phenoxy) is 2. The van der Waals surface area contributed by atoms with E-state index in [9.17, 15) is 14.7 Å². The van der Waals surface area contributed by atoms with Gasteiger partial charge in [0.15, 0.2) is 12.7 Å². The van der Waals surface area contributed by atoms with E-state index in [4.69, 9.17) is 15.2 Å². The van der Waals surface area contributed by atoms with E-state index >= 15 is 0 Å². The second kappa shape index (κ2) is 9.45. The first-order valence-corrected chi connectivity index (χ1v) is 9.62. The van der Waals surface area contributed by atoms with Gasteiger partial charge in [0, 0.05) is 0 Å². The summed E-state index contributed by atoms with van der Waals surface area (Å²) in [6.45, 7) is 9.20. The molecular weight excluding hydrogens is 370 g/mol. The summed E-state index contributed by atoms with van der Waals surface area (Å²) in [5.41, 5.74) is 10.4. The van der Waals surface area contributed by atoms with E-state index in [0.29, 0.717) is 11.5 Å². The van der Waals surface area contributed by atoms with Crippen molar-refractivity contribution in [2.75, 3.05) is 6.61 Å². The standard InChI is InChI=1S/C23H29NO5/c1-13(2)19-10-17(6-7-21(19)25)11-20-14(3)8-18(9-15(20)4)28-12-22(26)29-16(5)23(24)27/h6-10,13,16,25H,11-12H2,1-5H3,(H2,24,27). The highest BCUT2D eigenvalue weighted by atomic mass is 16.6. The fourth-order valence-electron chi connectivity index (χ4n) is 3.13. The van der Waals surface area contributed by atoms with Gasteiger partial charge in [-0.1, -0.05) is 26.0 Å². The fraction of sp³-hybridized carbons (Fsp3) is 0.391. The zero-order chi connectivity index (χ0) is 21.7. The molecule has 6 nitrogen and oxygen atoms in total. The van der Waals surface area contributed by atoms with Gasteiger partial charge in [0.25, 0.3) is 5.91 Å². The van der Waals surface area contributed by atoms with Gasteiger partial charge in [0.2, 0.25) is 0 Å². The highest BCUT2D eigenvalue weighted by molar-refractivity contribution is 5.82. The molecule has 2 aromatic carbocycles. The first-order chi connectivity index (χ1) is 13.6. The molecule has 156 valence electrons. The molecule has 29 heavy (non-hydrogen) atoms. The Balaban J connectivity index is 2.11. The Morgan fingerprint density at radius 2 is 1.69 bits per heavy atom. The average Bonchev–Trinajstić information content (AvgIpc) is 2.63. The maximum Gasteiger partial charge on any atom is 0.344 e. The van der Waals surface area contributed by atoms with E-state index in [2.05, 4.69) is 13.8 Å².